The Bertz CT molecular complexity index is 597. The van der Waals surface area contributed by atoms with Gasteiger partial charge in [0.05, 0.1) is 4.92 Å². The van der Waals surface area contributed by atoms with E-state index in [-0.39, 0.29) is 11.4 Å². The standard InChI is InChI=1S/C13H12N2O3/c1-9-4-2-3-5-13(9)18-10-6-7-12(15(16)17)11(14)8-10/h2-8H,14H2,1H3. The van der Waals surface area contributed by atoms with Gasteiger partial charge in [-0.25, -0.2) is 0 Å². The second kappa shape index (κ2) is 4.75. The van der Waals surface area contributed by atoms with Gasteiger partial charge in [0.2, 0.25) is 0 Å². The fraction of sp³-hybridized carbons (Fsp3) is 0.0769. The van der Waals surface area contributed by atoms with Crippen molar-refractivity contribution in [3.05, 3.63) is 58.1 Å². The summed E-state index contributed by atoms with van der Waals surface area (Å²) >= 11 is 0. The average molecular weight is 244 g/mol. The Morgan fingerprint density at radius 3 is 2.56 bits per heavy atom. The molecular formula is C13H12N2O3. The number of nitro groups is 1. The Morgan fingerprint density at radius 1 is 1.22 bits per heavy atom. The summed E-state index contributed by atoms with van der Waals surface area (Å²) in [6.45, 7) is 1.92. The molecule has 0 radical (unpaired) electrons. The third kappa shape index (κ3) is 2.40. The molecule has 2 rings (SSSR count). The molecule has 0 aliphatic rings. The molecule has 0 aliphatic carbocycles. The molecule has 0 unspecified atom stereocenters. The van der Waals surface area contributed by atoms with E-state index < -0.39 is 4.92 Å². The lowest BCUT2D eigenvalue weighted by atomic mass is 10.2. The lowest BCUT2D eigenvalue weighted by Crippen LogP contribution is -1.96. The van der Waals surface area contributed by atoms with E-state index in [1.54, 1.807) is 0 Å². The third-order valence-corrected chi connectivity index (χ3v) is 2.52. The summed E-state index contributed by atoms with van der Waals surface area (Å²) in [4.78, 5) is 10.1. The summed E-state index contributed by atoms with van der Waals surface area (Å²) < 4.78 is 5.62. The van der Waals surface area contributed by atoms with E-state index in [2.05, 4.69) is 0 Å². The summed E-state index contributed by atoms with van der Waals surface area (Å²) in [5.74, 6) is 1.18. The number of nitrogen functional groups attached to an aromatic ring is 1. The zero-order valence-corrected chi connectivity index (χ0v) is 9.79. The zero-order chi connectivity index (χ0) is 13.1. The van der Waals surface area contributed by atoms with Crippen LogP contribution in [-0.4, -0.2) is 4.92 Å². The molecule has 18 heavy (non-hydrogen) atoms. The molecule has 0 spiro atoms. The molecule has 5 nitrogen and oxygen atoms in total. The summed E-state index contributed by atoms with van der Waals surface area (Å²) in [5.41, 5.74) is 6.54. The van der Waals surface area contributed by atoms with Crippen molar-refractivity contribution < 1.29 is 9.66 Å². The molecule has 5 heteroatoms. The molecule has 0 aliphatic heterocycles. The van der Waals surface area contributed by atoms with Gasteiger partial charge in [0, 0.05) is 12.1 Å². The van der Waals surface area contributed by atoms with Crippen molar-refractivity contribution in [2.75, 3.05) is 5.73 Å². The van der Waals surface area contributed by atoms with Crippen LogP contribution in [0.15, 0.2) is 42.5 Å². The van der Waals surface area contributed by atoms with Crippen LogP contribution in [0, 0.1) is 17.0 Å². The Hall–Kier alpha value is -2.56. The summed E-state index contributed by atoms with van der Waals surface area (Å²) in [7, 11) is 0. The average Bonchev–Trinajstić information content (AvgIpc) is 2.32. The number of rotatable bonds is 3. The van der Waals surface area contributed by atoms with E-state index >= 15 is 0 Å². The third-order valence-electron chi connectivity index (χ3n) is 2.52. The molecule has 92 valence electrons. The fourth-order valence-corrected chi connectivity index (χ4v) is 1.56. The van der Waals surface area contributed by atoms with Gasteiger partial charge in [-0.2, -0.15) is 0 Å². The van der Waals surface area contributed by atoms with Gasteiger partial charge in [-0.1, -0.05) is 18.2 Å². The Kier molecular flexibility index (Phi) is 3.14. The van der Waals surface area contributed by atoms with Crippen molar-refractivity contribution in [1.29, 1.82) is 0 Å². The number of para-hydroxylation sites is 1. The first-order valence-electron chi connectivity index (χ1n) is 5.35. The molecule has 0 fully saturated rings. The van der Waals surface area contributed by atoms with Crippen molar-refractivity contribution >= 4 is 11.4 Å². The topological polar surface area (TPSA) is 78.4 Å². The molecule has 0 bridgehead atoms. The van der Waals surface area contributed by atoms with Crippen molar-refractivity contribution in [2.24, 2.45) is 0 Å². The highest BCUT2D eigenvalue weighted by molar-refractivity contribution is 5.61. The van der Waals surface area contributed by atoms with Crippen LogP contribution in [0.5, 0.6) is 11.5 Å². The SMILES string of the molecule is Cc1ccccc1Oc1ccc([N+](=O)[O-])c(N)c1. The van der Waals surface area contributed by atoms with E-state index in [9.17, 15) is 10.1 Å². The van der Waals surface area contributed by atoms with Crippen molar-refractivity contribution in [2.45, 2.75) is 6.92 Å². The lowest BCUT2D eigenvalue weighted by Gasteiger charge is -2.08. The minimum absolute atomic E-state index is 0.0890. The number of ether oxygens (including phenoxy) is 1. The van der Waals surface area contributed by atoms with Crippen LogP contribution in [0.3, 0.4) is 0 Å². The number of hydrogen-bond acceptors (Lipinski definition) is 4. The summed E-state index contributed by atoms with van der Waals surface area (Å²) in [5, 5.41) is 10.6. The molecule has 0 saturated heterocycles. The van der Waals surface area contributed by atoms with E-state index in [4.69, 9.17) is 10.5 Å². The second-order valence-electron chi connectivity index (χ2n) is 3.85. The number of nitrogens with zero attached hydrogens (tertiary/aromatic N) is 1. The first kappa shape index (κ1) is 11.9. The number of aryl methyl sites for hydroxylation is 1. The number of anilines is 1. The molecule has 2 aromatic rings. The zero-order valence-electron chi connectivity index (χ0n) is 9.79. The summed E-state index contributed by atoms with van der Waals surface area (Å²) in [6.07, 6.45) is 0. The van der Waals surface area contributed by atoms with Crippen LogP contribution in [-0.2, 0) is 0 Å². The highest BCUT2D eigenvalue weighted by Crippen LogP contribution is 2.30. The molecule has 0 heterocycles. The second-order valence-corrected chi connectivity index (χ2v) is 3.85. The molecule has 2 aromatic carbocycles. The normalized spacial score (nSPS) is 10.1. The Labute approximate surface area is 104 Å². The van der Waals surface area contributed by atoms with Gasteiger partial charge >= 0.3 is 0 Å². The van der Waals surface area contributed by atoms with Gasteiger partial charge in [0.15, 0.2) is 0 Å². The van der Waals surface area contributed by atoms with Crippen LogP contribution in [0.25, 0.3) is 0 Å². The Morgan fingerprint density at radius 2 is 1.94 bits per heavy atom. The smallest absolute Gasteiger partial charge is 0.292 e. The lowest BCUT2D eigenvalue weighted by molar-refractivity contribution is -0.383. The predicted molar refractivity (Wildman–Crippen MR) is 68.8 cm³/mol. The molecule has 0 saturated carbocycles. The first-order valence-corrected chi connectivity index (χ1v) is 5.35. The van der Waals surface area contributed by atoms with Gasteiger partial charge < -0.3 is 10.5 Å². The molecule has 0 atom stereocenters. The van der Waals surface area contributed by atoms with E-state index in [0.717, 1.165) is 5.56 Å². The minimum Gasteiger partial charge on any atom is -0.457 e. The fourth-order valence-electron chi connectivity index (χ4n) is 1.56. The number of benzene rings is 2. The quantitative estimate of drug-likeness (QED) is 0.510. The van der Waals surface area contributed by atoms with Crippen LogP contribution >= 0.6 is 0 Å². The van der Waals surface area contributed by atoms with Crippen LogP contribution in [0.1, 0.15) is 5.56 Å². The van der Waals surface area contributed by atoms with Crippen molar-refractivity contribution in [1.82, 2.24) is 0 Å². The number of hydrogen-bond donors (Lipinski definition) is 1. The molecule has 0 aromatic heterocycles. The van der Waals surface area contributed by atoms with Gasteiger partial charge in [-0.3, -0.25) is 10.1 Å². The van der Waals surface area contributed by atoms with Gasteiger partial charge in [-0.05, 0) is 24.6 Å². The Balaban J connectivity index is 2.29. The van der Waals surface area contributed by atoms with Gasteiger partial charge in [-0.15, -0.1) is 0 Å². The monoisotopic (exact) mass is 244 g/mol. The summed E-state index contributed by atoms with van der Waals surface area (Å²) in [6, 6.07) is 11.8. The van der Waals surface area contributed by atoms with Crippen molar-refractivity contribution in [3.8, 4) is 11.5 Å². The molecule has 2 N–H and O–H groups in total. The van der Waals surface area contributed by atoms with Crippen LogP contribution < -0.4 is 10.5 Å². The van der Waals surface area contributed by atoms with Crippen molar-refractivity contribution in [3.63, 3.8) is 0 Å². The molecular weight excluding hydrogens is 232 g/mol. The number of nitro benzene ring substituents is 1. The van der Waals surface area contributed by atoms with Crippen LogP contribution in [0.2, 0.25) is 0 Å². The highest BCUT2D eigenvalue weighted by atomic mass is 16.6. The predicted octanol–water partition coefficient (Wildman–Crippen LogP) is 3.28. The van der Waals surface area contributed by atoms with Crippen LogP contribution in [0.4, 0.5) is 11.4 Å². The minimum atomic E-state index is -0.521. The highest BCUT2D eigenvalue weighted by Gasteiger charge is 2.12. The first-order chi connectivity index (χ1) is 8.58. The maximum absolute atomic E-state index is 10.6. The van der Waals surface area contributed by atoms with Gasteiger partial charge in [0.1, 0.15) is 17.2 Å². The van der Waals surface area contributed by atoms with E-state index in [1.807, 2.05) is 31.2 Å². The number of nitrogens with two attached hydrogens (primary N) is 1. The largest absolute Gasteiger partial charge is 0.457 e. The molecule has 0 amide bonds. The maximum Gasteiger partial charge on any atom is 0.292 e. The van der Waals surface area contributed by atoms with Gasteiger partial charge in [0.25, 0.3) is 5.69 Å². The van der Waals surface area contributed by atoms with E-state index in [1.165, 1.54) is 18.2 Å². The maximum atomic E-state index is 10.6. The van der Waals surface area contributed by atoms with E-state index in [0.29, 0.717) is 11.5 Å².